The lowest BCUT2D eigenvalue weighted by molar-refractivity contribution is 0.0625. The summed E-state index contributed by atoms with van der Waals surface area (Å²) in [6.07, 6.45) is -1.05. The van der Waals surface area contributed by atoms with Crippen molar-refractivity contribution in [3.05, 3.63) is 72.8 Å². The van der Waals surface area contributed by atoms with Gasteiger partial charge in [-0.2, -0.15) is 0 Å². The van der Waals surface area contributed by atoms with E-state index in [1.165, 1.54) is 0 Å². The Bertz CT molecular complexity index is 1350. The fourth-order valence-electron chi connectivity index (χ4n) is 3.88. The van der Waals surface area contributed by atoms with Crippen LogP contribution in [0.15, 0.2) is 72.8 Å². The van der Waals surface area contributed by atoms with Crippen molar-refractivity contribution < 1.29 is 23.8 Å². The van der Waals surface area contributed by atoms with Crippen LogP contribution in [0.5, 0.6) is 11.5 Å². The number of nitrogens with one attached hydrogen (secondary N) is 2. The normalized spacial score (nSPS) is 11.7. The van der Waals surface area contributed by atoms with E-state index >= 15 is 0 Å². The quantitative estimate of drug-likeness (QED) is 0.293. The van der Waals surface area contributed by atoms with E-state index in [2.05, 4.69) is 10.6 Å². The van der Waals surface area contributed by atoms with Gasteiger partial charge < -0.3 is 14.2 Å². The van der Waals surface area contributed by atoms with E-state index in [0.29, 0.717) is 22.9 Å². The van der Waals surface area contributed by atoms with Crippen molar-refractivity contribution in [3.8, 4) is 11.5 Å². The van der Waals surface area contributed by atoms with Gasteiger partial charge in [0.05, 0.1) is 11.4 Å². The van der Waals surface area contributed by atoms with Crippen LogP contribution in [0, 0.1) is 0 Å². The smallest absolute Gasteiger partial charge is 0.412 e. The fourth-order valence-corrected chi connectivity index (χ4v) is 3.88. The fraction of sp³-hybridized carbons (Fsp3) is 0.267. The molecule has 0 saturated heterocycles. The highest BCUT2D eigenvalue weighted by atomic mass is 16.6. The number of carbonyl (C=O) groups is 2. The molecule has 0 aliphatic rings. The molecule has 0 heterocycles. The van der Waals surface area contributed by atoms with Crippen LogP contribution in [0.1, 0.15) is 41.5 Å². The van der Waals surface area contributed by atoms with Crippen molar-refractivity contribution in [2.45, 2.75) is 52.7 Å². The standard InChI is InChI=1S/C30H32N2O5/c1-29(2,3)36-27(33)31-23-15-17-25(21-13-9-7-11-19(21)23)35-26-18-16-24(20-12-8-10-14-22(20)26)32-28(34)37-30(4,5)6/h7-18H,1-6H3,(H,31,33)(H,32,34). The largest absolute Gasteiger partial charge is 0.456 e. The van der Waals surface area contributed by atoms with Gasteiger partial charge in [0.1, 0.15) is 22.7 Å². The van der Waals surface area contributed by atoms with E-state index in [-0.39, 0.29) is 0 Å². The van der Waals surface area contributed by atoms with E-state index in [1.807, 2.05) is 102 Å². The molecule has 4 rings (SSSR count). The van der Waals surface area contributed by atoms with Crippen LogP contribution in [-0.4, -0.2) is 23.4 Å². The number of carbonyl (C=O) groups excluding carboxylic acids is 2. The van der Waals surface area contributed by atoms with Crippen molar-refractivity contribution in [1.82, 2.24) is 0 Å². The van der Waals surface area contributed by atoms with E-state index in [0.717, 1.165) is 21.5 Å². The molecule has 0 aromatic heterocycles. The number of benzene rings is 4. The molecule has 4 aromatic rings. The Labute approximate surface area is 216 Å². The monoisotopic (exact) mass is 500 g/mol. The molecule has 0 aliphatic heterocycles. The minimum absolute atomic E-state index is 0.523. The van der Waals surface area contributed by atoms with E-state index in [1.54, 1.807) is 12.1 Å². The topological polar surface area (TPSA) is 85.9 Å². The zero-order valence-electron chi connectivity index (χ0n) is 22.0. The third-order valence-electron chi connectivity index (χ3n) is 5.26. The third-order valence-corrected chi connectivity index (χ3v) is 5.26. The average molecular weight is 501 g/mol. The molecule has 37 heavy (non-hydrogen) atoms. The van der Waals surface area contributed by atoms with E-state index in [4.69, 9.17) is 14.2 Å². The minimum Gasteiger partial charge on any atom is -0.456 e. The summed E-state index contributed by atoms with van der Waals surface area (Å²) in [4.78, 5) is 24.8. The second kappa shape index (κ2) is 10.0. The van der Waals surface area contributed by atoms with Crippen molar-refractivity contribution in [2.75, 3.05) is 10.6 Å². The van der Waals surface area contributed by atoms with Gasteiger partial charge in [0.25, 0.3) is 0 Å². The van der Waals surface area contributed by atoms with Gasteiger partial charge in [0.2, 0.25) is 0 Å². The molecular formula is C30H32N2O5. The summed E-state index contributed by atoms with van der Waals surface area (Å²) in [5.74, 6) is 1.26. The van der Waals surface area contributed by atoms with Crippen molar-refractivity contribution in [3.63, 3.8) is 0 Å². The van der Waals surface area contributed by atoms with E-state index in [9.17, 15) is 9.59 Å². The summed E-state index contributed by atoms with van der Waals surface area (Å²) in [6, 6.07) is 22.6. The van der Waals surface area contributed by atoms with Crippen LogP contribution < -0.4 is 15.4 Å². The van der Waals surface area contributed by atoms with E-state index < -0.39 is 23.4 Å². The Balaban J connectivity index is 1.66. The molecule has 192 valence electrons. The Kier molecular flexibility index (Phi) is 6.99. The molecule has 7 nitrogen and oxygen atoms in total. The van der Waals surface area contributed by atoms with Crippen molar-refractivity contribution in [1.29, 1.82) is 0 Å². The lowest BCUT2D eigenvalue weighted by Crippen LogP contribution is -2.27. The third kappa shape index (κ3) is 6.50. The highest BCUT2D eigenvalue weighted by Crippen LogP contribution is 2.39. The maximum atomic E-state index is 12.4. The van der Waals surface area contributed by atoms with Crippen LogP contribution >= 0.6 is 0 Å². The first-order valence-corrected chi connectivity index (χ1v) is 12.1. The number of fused-ring (bicyclic) bond motifs is 2. The summed E-state index contributed by atoms with van der Waals surface area (Å²) < 4.78 is 17.2. The molecule has 2 N–H and O–H groups in total. The Hall–Kier alpha value is -4.26. The Morgan fingerprint density at radius 3 is 1.24 bits per heavy atom. The number of hydrogen-bond acceptors (Lipinski definition) is 5. The summed E-state index contributed by atoms with van der Waals surface area (Å²) in [5.41, 5.74) is 0.0427. The first-order valence-electron chi connectivity index (χ1n) is 12.1. The maximum Gasteiger partial charge on any atom is 0.412 e. The molecule has 0 radical (unpaired) electrons. The van der Waals surface area contributed by atoms with Crippen LogP contribution in [0.3, 0.4) is 0 Å². The van der Waals surface area contributed by atoms with Gasteiger partial charge in [0.15, 0.2) is 0 Å². The molecule has 0 atom stereocenters. The molecule has 0 aliphatic carbocycles. The summed E-state index contributed by atoms with van der Waals surface area (Å²) in [7, 11) is 0. The molecule has 0 spiro atoms. The lowest BCUT2D eigenvalue weighted by Gasteiger charge is -2.21. The van der Waals surface area contributed by atoms with Crippen LogP contribution in [0.25, 0.3) is 21.5 Å². The number of anilines is 2. The summed E-state index contributed by atoms with van der Waals surface area (Å²) in [5, 5.41) is 8.97. The average Bonchev–Trinajstić information content (AvgIpc) is 2.79. The maximum absolute atomic E-state index is 12.4. The van der Waals surface area contributed by atoms with Crippen molar-refractivity contribution >= 4 is 45.1 Å². The molecular weight excluding hydrogens is 468 g/mol. The van der Waals surface area contributed by atoms with Gasteiger partial charge in [-0.25, -0.2) is 9.59 Å². The van der Waals surface area contributed by atoms with Crippen LogP contribution in [-0.2, 0) is 9.47 Å². The van der Waals surface area contributed by atoms with Gasteiger partial charge in [-0.15, -0.1) is 0 Å². The zero-order valence-corrected chi connectivity index (χ0v) is 22.0. The van der Waals surface area contributed by atoms with Crippen LogP contribution in [0.4, 0.5) is 21.0 Å². The second-order valence-corrected chi connectivity index (χ2v) is 10.7. The predicted octanol–water partition coefficient (Wildman–Crippen LogP) is 8.48. The lowest BCUT2D eigenvalue weighted by atomic mass is 10.1. The number of rotatable bonds is 4. The number of amides is 2. The highest BCUT2D eigenvalue weighted by Gasteiger charge is 2.19. The predicted molar refractivity (Wildman–Crippen MR) is 148 cm³/mol. The summed E-state index contributed by atoms with van der Waals surface area (Å²) >= 11 is 0. The first-order chi connectivity index (χ1) is 17.4. The Morgan fingerprint density at radius 1 is 0.541 bits per heavy atom. The molecule has 4 aromatic carbocycles. The molecule has 0 fully saturated rings. The highest BCUT2D eigenvalue weighted by molar-refractivity contribution is 6.05. The molecule has 7 heteroatoms. The summed E-state index contributed by atoms with van der Waals surface area (Å²) in [6.45, 7) is 10.9. The first kappa shape index (κ1) is 25.8. The molecule has 0 bridgehead atoms. The van der Waals surface area contributed by atoms with Gasteiger partial charge in [-0.05, 0) is 65.8 Å². The van der Waals surface area contributed by atoms with Crippen LogP contribution in [0.2, 0.25) is 0 Å². The van der Waals surface area contributed by atoms with Gasteiger partial charge >= 0.3 is 12.2 Å². The SMILES string of the molecule is CC(C)(C)OC(=O)Nc1ccc(Oc2ccc(NC(=O)OC(C)(C)C)c3ccccc23)c2ccccc12. The van der Waals surface area contributed by atoms with Crippen molar-refractivity contribution in [2.24, 2.45) is 0 Å². The number of ether oxygens (including phenoxy) is 3. The number of hydrogen-bond donors (Lipinski definition) is 2. The van der Waals surface area contributed by atoms with Gasteiger partial charge in [-0.1, -0.05) is 48.5 Å². The Morgan fingerprint density at radius 2 is 0.892 bits per heavy atom. The van der Waals surface area contributed by atoms with Gasteiger partial charge in [-0.3, -0.25) is 10.6 Å². The second-order valence-electron chi connectivity index (χ2n) is 10.7. The molecule has 0 saturated carbocycles. The molecule has 0 unspecified atom stereocenters. The van der Waals surface area contributed by atoms with Gasteiger partial charge in [0, 0.05) is 21.5 Å². The molecule has 2 amide bonds. The minimum atomic E-state index is -0.603. The zero-order chi connectivity index (χ0) is 26.8.